The Labute approximate surface area is 184 Å². The second kappa shape index (κ2) is 12.2. The van der Waals surface area contributed by atoms with Crippen LogP contribution in [0.2, 0.25) is 5.02 Å². The summed E-state index contributed by atoms with van der Waals surface area (Å²) in [4.78, 5) is 27.8. The average molecular weight is 431 g/mol. The van der Waals surface area contributed by atoms with Crippen LogP contribution in [0.4, 0.5) is 0 Å². The van der Waals surface area contributed by atoms with Crippen LogP contribution in [0, 0.1) is 0 Å². The van der Waals surface area contributed by atoms with Crippen molar-refractivity contribution in [3.8, 4) is 5.75 Å². The molecule has 2 aromatic carbocycles. The zero-order valence-corrected chi connectivity index (χ0v) is 18.7. The maximum atomic E-state index is 13.3. The Morgan fingerprint density at radius 1 is 1.13 bits per heavy atom. The van der Waals surface area contributed by atoms with E-state index in [9.17, 15) is 9.59 Å². The number of nitrogens with one attached hydrogen (secondary N) is 1. The van der Waals surface area contributed by atoms with Gasteiger partial charge in [0, 0.05) is 18.1 Å². The third kappa shape index (κ3) is 6.77. The summed E-state index contributed by atoms with van der Waals surface area (Å²) >= 11 is 6.27. The van der Waals surface area contributed by atoms with Crippen molar-refractivity contribution in [2.75, 3.05) is 13.7 Å². The molecule has 0 aliphatic carbocycles. The van der Waals surface area contributed by atoms with E-state index in [2.05, 4.69) is 12.2 Å². The molecule has 2 aromatic rings. The van der Waals surface area contributed by atoms with E-state index in [0.29, 0.717) is 30.3 Å². The molecule has 0 fully saturated rings. The molecule has 0 radical (unpaired) electrons. The van der Waals surface area contributed by atoms with Crippen molar-refractivity contribution < 1.29 is 14.3 Å². The quantitative estimate of drug-likeness (QED) is 0.529. The monoisotopic (exact) mass is 430 g/mol. The topological polar surface area (TPSA) is 58.6 Å². The molecule has 2 amide bonds. The molecule has 0 aliphatic rings. The van der Waals surface area contributed by atoms with Gasteiger partial charge in [-0.05, 0) is 42.2 Å². The van der Waals surface area contributed by atoms with Gasteiger partial charge in [0.05, 0.1) is 13.5 Å². The summed E-state index contributed by atoms with van der Waals surface area (Å²) in [5.41, 5.74) is 1.66. The van der Waals surface area contributed by atoms with E-state index in [4.69, 9.17) is 16.3 Å². The highest BCUT2D eigenvalue weighted by atomic mass is 35.5. The van der Waals surface area contributed by atoms with Crippen LogP contribution < -0.4 is 10.1 Å². The number of halogens is 1. The highest BCUT2D eigenvalue weighted by molar-refractivity contribution is 6.31. The fourth-order valence-electron chi connectivity index (χ4n) is 3.30. The first-order chi connectivity index (χ1) is 14.5. The minimum Gasteiger partial charge on any atom is -0.497 e. The van der Waals surface area contributed by atoms with Gasteiger partial charge in [-0.3, -0.25) is 9.59 Å². The second-order valence-corrected chi connectivity index (χ2v) is 7.62. The Morgan fingerprint density at radius 2 is 1.90 bits per heavy atom. The maximum Gasteiger partial charge on any atom is 0.242 e. The van der Waals surface area contributed by atoms with Gasteiger partial charge in [-0.1, -0.05) is 62.2 Å². The summed E-state index contributed by atoms with van der Waals surface area (Å²) in [6.45, 7) is 4.93. The summed E-state index contributed by atoms with van der Waals surface area (Å²) in [6, 6.07) is 14.3. The standard InChI is InChI=1S/C24H31ClN2O3/c1-4-6-14-26-24(29)22(5-2)27(17-18-10-9-12-20(15-18)30-3)23(28)16-19-11-7-8-13-21(19)25/h7-13,15,22H,4-6,14,16-17H2,1-3H3,(H,26,29). The smallest absolute Gasteiger partial charge is 0.242 e. The normalized spacial score (nSPS) is 11.6. The lowest BCUT2D eigenvalue weighted by molar-refractivity contribution is -0.140. The number of hydrogen-bond donors (Lipinski definition) is 1. The number of rotatable bonds is 11. The molecule has 0 heterocycles. The largest absolute Gasteiger partial charge is 0.497 e. The summed E-state index contributed by atoms with van der Waals surface area (Å²) in [6.07, 6.45) is 2.57. The Morgan fingerprint density at radius 3 is 2.57 bits per heavy atom. The van der Waals surface area contributed by atoms with Gasteiger partial charge in [-0.15, -0.1) is 0 Å². The van der Waals surface area contributed by atoms with E-state index >= 15 is 0 Å². The van der Waals surface area contributed by atoms with Gasteiger partial charge in [0.15, 0.2) is 0 Å². The molecule has 1 unspecified atom stereocenters. The first kappa shape index (κ1) is 23.7. The van der Waals surface area contributed by atoms with E-state index in [-0.39, 0.29) is 18.2 Å². The molecule has 30 heavy (non-hydrogen) atoms. The lowest BCUT2D eigenvalue weighted by atomic mass is 10.1. The number of unbranched alkanes of at least 4 members (excludes halogenated alkanes) is 1. The lowest BCUT2D eigenvalue weighted by Crippen LogP contribution is -2.49. The summed E-state index contributed by atoms with van der Waals surface area (Å²) in [5.74, 6) is 0.455. The molecule has 0 aliphatic heterocycles. The molecule has 6 heteroatoms. The van der Waals surface area contributed by atoms with Crippen LogP contribution in [0.1, 0.15) is 44.2 Å². The van der Waals surface area contributed by atoms with E-state index < -0.39 is 6.04 Å². The van der Waals surface area contributed by atoms with E-state index in [1.54, 1.807) is 18.1 Å². The van der Waals surface area contributed by atoms with E-state index in [1.807, 2.05) is 49.4 Å². The Balaban J connectivity index is 2.28. The predicted octanol–water partition coefficient (Wildman–Crippen LogP) is 4.61. The number of methoxy groups -OCH3 is 1. The van der Waals surface area contributed by atoms with Gasteiger partial charge in [0.25, 0.3) is 0 Å². The minimum absolute atomic E-state index is 0.124. The third-order valence-electron chi connectivity index (χ3n) is 5.00. The molecule has 0 bridgehead atoms. The Kier molecular flexibility index (Phi) is 9.68. The van der Waals surface area contributed by atoms with Crippen LogP contribution in [-0.2, 0) is 22.6 Å². The second-order valence-electron chi connectivity index (χ2n) is 7.21. The molecule has 0 spiro atoms. The molecule has 0 aromatic heterocycles. The number of carbonyl (C=O) groups is 2. The van der Waals surface area contributed by atoms with Crippen molar-refractivity contribution in [3.05, 3.63) is 64.7 Å². The van der Waals surface area contributed by atoms with Crippen LogP contribution in [-0.4, -0.2) is 36.4 Å². The van der Waals surface area contributed by atoms with Gasteiger partial charge in [-0.25, -0.2) is 0 Å². The van der Waals surface area contributed by atoms with Crippen LogP contribution in [0.5, 0.6) is 5.75 Å². The third-order valence-corrected chi connectivity index (χ3v) is 5.37. The first-order valence-electron chi connectivity index (χ1n) is 10.4. The minimum atomic E-state index is -0.553. The van der Waals surface area contributed by atoms with Crippen LogP contribution in [0.25, 0.3) is 0 Å². The zero-order chi connectivity index (χ0) is 21.9. The highest BCUT2D eigenvalue weighted by Crippen LogP contribution is 2.21. The van der Waals surface area contributed by atoms with Gasteiger partial charge >= 0.3 is 0 Å². The fraction of sp³-hybridized carbons (Fsp3) is 0.417. The molecule has 5 nitrogen and oxygen atoms in total. The summed E-state index contributed by atoms with van der Waals surface area (Å²) < 4.78 is 5.31. The molecular formula is C24H31ClN2O3. The van der Waals surface area contributed by atoms with Crippen molar-refractivity contribution in [2.45, 2.75) is 52.1 Å². The SMILES string of the molecule is CCCCNC(=O)C(CC)N(Cc1cccc(OC)c1)C(=O)Cc1ccccc1Cl. The first-order valence-corrected chi connectivity index (χ1v) is 10.8. The van der Waals surface area contributed by atoms with Crippen molar-refractivity contribution in [1.82, 2.24) is 10.2 Å². The zero-order valence-electron chi connectivity index (χ0n) is 18.0. The molecule has 1 N–H and O–H groups in total. The highest BCUT2D eigenvalue weighted by Gasteiger charge is 2.28. The number of ether oxygens (including phenoxy) is 1. The van der Waals surface area contributed by atoms with Crippen LogP contribution >= 0.6 is 11.6 Å². The summed E-state index contributed by atoms with van der Waals surface area (Å²) in [5, 5.41) is 3.52. The van der Waals surface area contributed by atoms with Gasteiger partial charge in [0.1, 0.15) is 11.8 Å². The molecule has 162 valence electrons. The molecular weight excluding hydrogens is 400 g/mol. The lowest BCUT2D eigenvalue weighted by Gasteiger charge is -2.31. The maximum absolute atomic E-state index is 13.3. The molecule has 1 atom stereocenters. The Hall–Kier alpha value is -2.53. The van der Waals surface area contributed by atoms with Crippen molar-refractivity contribution >= 4 is 23.4 Å². The Bertz CT molecular complexity index is 841. The van der Waals surface area contributed by atoms with Gasteiger partial charge in [0.2, 0.25) is 11.8 Å². The number of nitrogens with zero attached hydrogens (tertiary/aromatic N) is 1. The molecule has 0 saturated heterocycles. The fourth-order valence-corrected chi connectivity index (χ4v) is 3.50. The molecule has 2 rings (SSSR count). The van der Waals surface area contributed by atoms with E-state index in [0.717, 1.165) is 24.0 Å². The van der Waals surface area contributed by atoms with Gasteiger partial charge < -0.3 is 15.0 Å². The molecule has 0 saturated carbocycles. The number of benzene rings is 2. The number of hydrogen-bond acceptors (Lipinski definition) is 3. The average Bonchev–Trinajstić information content (AvgIpc) is 2.75. The predicted molar refractivity (Wildman–Crippen MR) is 121 cm³/mol. The van der Waals surface area contributed by atoms with Crippen molar-refractivity contribution in [1.29, 1.82) is 0 Å². The van der Waals surface area contributed by atoms with Crippen LogP contribution in [0.3, 0.4) is 0 Å². The number of amides is 2. The van der Waals surface area contributed by atoms with Crippen molar-refractivity contribution in [3.63, 3.8) is 0 Å². The van der Waals surface area contributed by atoms with E-state index in [1.165, 1.54) is 0 Å². The van der Waals surface area contributed by atoms with Crippen LogP contribution in [0.15, 0.2) is 48.5 Å². The number of carbonyl (C=O) groups excluding carboxylic acids is 2. The van der Waals surface area contributed by atoms with Gasteiger partial charge in [-0.2, -0.15) is 0 Å². The van der Waals surface area contributed by atoms with Crippen molar-refractivity contribution in [2.24, 2.45) is 0 Å². The summed E-state index contributed by atoms with van der Waals surface area (Å²) in [7, 11) is 1.61.